The van der Waals surface area contributed by atoms with Gasteiger partial charge in [0.1, 0.15) is 17.8 Å². The second kappa shape index (κ2) is 4.94. The molecule has 1 N–H and O–H groups in total. The summed E-state index contributed by atoms with van der Waals surface area (Å²) >= 11 is 0. The topological polar surface area (TPSA) is 107 Å². The highest BCUT2D eigenvalue weighted by Crippen LogP contribution is 2.44. The Hall–Kier alpha value is -1.92. The molecule has 7 heteroatoms. The zero-order chi connectivity index (χ0) is 13.2. The fraction of sp³-hybridized carbons (Fsp3) is 0.600. The molecule has 17 heavy (non-hydrogen) atoms. The average Bonchev–Trinajstić information content (AvgIpc) is 2.21. The number of esters is 1. The SMILES string of the molecule is COC(=O)C1C(C(C)=O)C(OC=O)C1C(=O)O. The maximum Gasteiger partial charge on any atom is 0.311 e. The molecule has 0 amide bonds. The third-order valence-corrected chi connectivity index (χ3v) is 2.92. The molecule has 0 radical (unpaired) electrons. The van der Waals surface area contributed by atoms with Crippen molar-refractivity contribution in [3.05, 3.63) is 0 Å². The van der Waals surface area contributed by atoms with Crippen LogP contribution >= 0.6 is 0 Å². The summed E-state index contributed by atoms with van der Waals surface area (Å²) in [5.74, 6) is -5.78. The highest BCUT2D eigenvalue weighted by Gasteiger charge is 2.61. The van der Waals surface area contributed by atoms with Crippen molar-refractivity contribution in [2.45, 2.75) is 13.0 Å². The molecule has 0 spiro atoms. The van der Waals surface area contributed by atoms with Gasteiger partial charge in [-0.2, -0.15) is 0 Å². The number of ketones is 1. The Kier molecular flexibility index (Phi) is 3.82. The van der Waals surface area contributed by atoms with Gasteiger partial charge in [-0.15, -0.1) is 0 Å². The molecule has 0 aromatic carbocycles. The van der Waals surface area contributed by atoms with E-state index in [4.69, 9.17) is 5.11 Å². The Morgan fingerprint density at radius 3 is 2.12 bits per heavy atom. The van der Waals surface area contributed by atoms with Crippen LogP contribution in [0.25, 0.3) is 0 Å². The molecular weight excluding hydrogens is 232 g/mol. The molecule has 1 aliphatic rings. The molecule has 1 rings (SSSR count). The Balaban J connectivity index is 2.99. The van der Waals surface area contributed by atoms with E-state index >= 15 is 0 Å². The van der Waals surface area contributed by atoms with E-state index in [-0.39, 0.29) is 6.47 Å². The van der Waals surface area contributed by atoms with E-state index in [1.54, 1.807) is 0 Å². The molecule has 0 heterocycles. The van der Waals surface area contributed by atoms with E-state index in [0.29, 0.717) is 0 Å². The van der Waals surface area contributed by atoms with Gasteiger partial charge in [0.05, 0.1) is 18.9 Å². The third kappa shape index (κ3) is 2.13. The molecule has 1 fully saturated rings. The summed E-state index contributed by atoms with van der Waals surface area (Å²) < 4.78 is 9.00. The summed E-state index contributed by atoms with van der Waals surface area (Å²) in [7, 11) is 1.10. The number of carboxylic acid groups (broad SMARTS) is 1. The molecule has 94 valence electrons. The number of methoxy groups -OCH3 is 1. The summed E-state index contributed by atoms with van der Waals surface area (Å²) in [6.45, 7) is 1.28. The van der Waals surface area contributed by atoms with Gasteiger partial charge in [-0.05, 0) is 6.92 Å². The number of carboxylic acids is 1. The molecule has 7 nitrogen and oxygen atoms in total. The minimum atomic E-state index is -1.30. The van der Waals surface area contributed by atoms with Gasteiger partial charge in [0.25, 0.3) is 6.47 Å². The second-order valence-corrected chi connectivity index (χ2v) is 3.75. The van der Waals surface area contributed by atoms with Gasteiger partial charge in [-0.25, -0.2) is 0 Å². The van der Waals surface area contributed by atoms with Crippen LogP contribution in [-0.4, -0.2) is 42.5 Å². The molecule has 0 saturated heterocycles. The van der Waals surface area contributed by atoms with Crippen LogP contribution in [0.3, 0.4) is 0 Å². The maximum atomic E-state index is 11.4. The summed E-state index contributed by atoms with van der Waals surface area (Å²) in [5.41, 5.74) is 0. The van der Waals surface area contributed by atoms with Gasteiger partial charge in [0.2, 0.25) is 0 Å². The number of hydrogen-bond acceptors (Lipinski definition) is 6. The lowest BCUT2D eigenvalue weighted by Gasteiger charge is -2.44. The number of hydrogen-bond donors (Lipinski definition) is 1. The van der Waals surface area contributed by atoms with E-state index in [1.165, 1.54) is 6.92 Å². The normalized spacial score (nSPS) is 30.9. The first-order valence-corrected chi connectivity index (χ1v) is 4.85. The predicted molar refractivity (Wildman–Crippen MR) is 51.7 cm³/mol. The number of Topliss-reactive ketones (excluding diaryl/α,β-unsaturated/α-hetero) is 1. The van der Waals surface area contributed by atoms with Crippen molar-refractivity contribution in [2.75, 3.05) is 7.11 Å². The van der Waals surface area contributed by atoms with E-state index < -0.39 is 41.6 Å². The Morgan fingerprint density at radius 1 is 1.18 bits per heavy atom. The number of ether oxygens (including phenoxy) is 2. The first kappa shape index (κ1) is 13.1. The highest BCUT2D eigenvalue weighted by molar-refractivity contribution is 5.93. The van der Waals surface area contributed by atoms with Crippen molar-refractivity contribution in [3.8, 4) is 0 Å². The standard InChI is InChI=1S/C10H12O7/c1-4(12)5-6(10(15)16-2)7(9(13)14)8(5)17-3-11/h3,5-8H,1-2H3,(H,13,14). The molecule has 4 atom stereocenters. The van der Waals surface area contributed by atoms with Gasteiger partial charge in [0, 0.05) is 0 Å². The lowest BCUT2D eigenvalue weighted by atomic mass is 9.60. The number of aliphatic carboxylic acids is 1. The van der Waals surface area contributed by atoms with Crippen molar-refractivity contribution >= 4 is 24.2 Å². The van der Waals surface area contributed by atoms with Crippen molar-refractivity contribution in [1.82, 2.24) is 0 Å². The summed E-state index contributed by atoms with van der Waals surface area (Å²) in [4.78, 5) is 43.9. The summed E-state index contributed by atoms with van der Waals surface area (Å²) in [5, 5.41) is 8.93. The number of carbonyl (C=O) groups excluding carboxylic acids is 3. The fourth-order valence-corrected chi connectivity index (χ4v) is 2.15. The van der Waals surface area contributed by atoms with Crippen molar-refractivity contribution < 1.29 is 33.8 Å². The van der Waals surface area contributed by atoms with Gasteiger partial charge < -0.3 is 14.6 Å². The first-order valence-electron chi connectivity index (χ1n) is 4.85. The monoisotopic (exact) mass is 244 g/mol. The zero-order valence-electron chi connectivity index (χ0n) is 9.28. The third-order valence-electron chi connectivity index (χ3n) is 2.92. The number of carbonyl (C=O) groups is 4. The molecule has 1 saturated carbocycles. The van der Waals surface area contributed by atoms with Gasteiger partial charge >= 0.3 is 11.9 Å². The molecule has 1 aliphatic carbocycles. The fourth-order valence-electron chi connectivity index (χ4n) is 2.15. The highest BCUT2D eigenvalue weighted by atomic mass is 16.5. The smallest absolute Gasteiger partial charge is 0.311 e. The lowest BCUT2D eigenvalue weighted by molar-refractivity contribution is -0.195. The van der Waals surface area contributed by atoms with Crippen LogP contribution in [0.4, 0.5) is 0 Å². The average molecular weight is 244 g/mol. The lowest BCUT2D eigenvalue weighted by Crippen LogP contribution is -2.61. The predicted octanol–water partition coefficient (Wildman–Crippen LogP) is -0.763. The largest absolute Gasteiger partial charge is 0.481 e. The van der Waals surface area contributed by atoms with Crippen LogP contribution in [-0.2, 0) is 28.7 Å². The van der Waals surface area contributed by atoms with Gasteiger partial charge in [-0.1, -0.05) is 0 Å². The van der Waals surface area contributed by atoms with Crippen LogP contribution in [0.1, 0.15) is 6.92 Å². The molecule has 0 aliphatic heterocycles. The summed E-state index contributed by atoms with van der Waals surface area (Å²) in [6.07, 6.45) is -1.11. The molecular formula is C10H12O7. The van der Waals surface area contributed by atoms with E-state index in [9.17, 15) is 19.2 Å². The van der Waals surface area contributed by atoms with Crippen LogP contribution in [0.5, 0.6) is 0 Å². The minimum absolute atomic E-state index is 0.0735. The van der Waals surface area contributed by atoms with E-state index in [2.05, 4.69) is 9.47 Å². The minimum Gasteiger partial charge on any atom is -0.481 e. The Bertz CT molecular complexity index is 340. The second-order valence-electron chi connectivity index (χ2n) is 3.75. The molecule has 0 aromatic heterocycles. The summed E-state index contributed by atoms with van der Waals surface area (Å²) in [6, 6.07) is 0. The van der Waals surface area contributed by atoms with Gasteiger partial charge in [0.15, 0.2) is 0 Å². The Morgan fingerprint density at radius 2 is 1.76 bits per heavy atom. The van der Waals surface area contributed by atoms with E-state index in [0.717, 1.165) is 7.11 Å². The van der Waals surface area contributed by atoms with Crippen LogP contribution in [0, 0.1) is 17.8 Å². The molecule has 0 aromatic rings. The van der Waals surface area contributed by atoms with E-state index in [1.807, 2.05) is 0 Å². The van der Waals surface area contributed by atoms with Crippen molar-refractivity contribution in [1.29, 1.82) is 0 Å². The van der Waals surface area contributed by atoms with Gasteiger partial charge in [-0.3, -0.25) is 19.2 Å². The maximum absolute atomic E-state index is 11.4. The molecule has 4 unspecified atom stereocenters. The first-order chi connectivity index (χ1) is 7.95. The van der Waals surface area contributed by atoms with Crippen molar-refractivity contribution in [2.24, 2.45) is 17.8 Å². The van der Waals surface area contributed by atoms with Crippen LogP contribution in [0.2, 0.25) is 0 Å². The van der Waals surface area contributed by atoms with Crippen LogP contribution < -0.4 is 0 Å². The number of rotatable bonds is 5. The quantitative estimate of drug-likeness (QED) is 0.500. The van der Waals surface area contributed by atoms with Crippen molar-refractivity contribution in [3.63, 3.8) is 0 Å². The zero-order valence-corrected chi connectivity index (χ0v) is 9.28. The molecule has 0 bridgehead atoms. The van der Waals surface area contributed by atoms with Crippen LogP contribution in [0.15, 0.2) is 0 Å². The Labute approximate surface area is 96.7 Å².